The highest BCUT2D eigenvalue weighted by Gasteiger charge is 1.95. The smallest absolute Gasteiger partial charge is 0.161 e. The molecule has 0 unspecified atom stereocenters. The van der Waals surface area contributed by atoms with Crippen molar-refractivity contribution in [2.24, 2.45) is 0 Å². The summed E-state index contributed by atoms with van der Waals surface area (Å²) in [6.45, 7) is 3.96. The molecule has 8 heavy (non-hydrogen) atoms. The maximum atomic E-state index is 3.69. The van der Waals surface area contributed by atoms with Crippen LogP contribution in [0.3, 0.4) is 0 Å². The molecule has 0 aromatic carbocycles. The Morgan fingerprint density at radius 3 is 2.50 bits per heavy atom. The summed E-state index contributed by atoms with van der Waals surface area (Å²) < 4.78 is 0. The normalized spacial score (nSPS) is 10.4. The fourth-order valence-electron chi connectivity index (χ4n) is 0.370. The molecule has 0 fully saturated rings. The second-order valence-corrected chi connectivity index (χ2v) is 1.80. The predicted molar refractivity (Wildman–Crippen MR) is 27.0 cm³/mol. The molecule has 0 aliphatic rings. The van der Waals surface area contributed by atoms with Crippen molar-refractivity contribution < 1.29 is 0 Å². The largest absolute Gasteiger partial charge is 0.245 e. The molecule has 0 N–H and O–H groups in total. The Morgan fingerprint density at radius 2 is 2.25 bits per heavy atom. The average Bonchev–Trinajstić information content (AvgIpc) is 2.12. The van der Waals surface area contributed by atoms with Gasteiger partial charge in [-0.2, -0.15) is 4.80 Å². The van der Waals surface area contributed by atoms with Crippen molar-refractivity contribution in [2.45, 2.75) is 19.9 Å². The second-order valence-electron chi connectivity index (χ2n) is 1.80. The first-order chi connectivity index (χ1) is 3.80. The number of hydrogen-bond acceptors (Lipinski definition) is 3. The number of hydrogen-bond donors (Lipinski definition) is 0. The molecule has 0 saturated heterocycles. The lowest BCUT2D eigenvalue weighted by atomic mass is 10.4. The monoisotopic (exact) mass is 111 g/mol. The molecule has 1 rings (SSSR count). The van der Waals surface area contributed by atoms with Crippen LogP contribution in [0.4, 0.5) is 0 Å². The Balaban J connectivity index is 2.77. The van der Waals surface area contributed by atoms with E-state index in [2.05, 4.69) is 21.7 Å². The Hall–Kier alpha value is -0.930. The molecule has 0 aliphatic carbocycles. The zero-order valence-corrected chi connectivity index (χ0v) is 4.87. The lowest BCUT2D eigenvalue weighted by Gasteiger charge is -1.97. The topological polar surface area (TPSA) is 43.6 Å². The van der Waals surface area contributed by atoms with E-state index in [4.69, 9.17) is 0 Å². The molecule has 1 aromatic rings. The summed E-state index contributed by atoms with van der Waals surface area (Å²) in [5, 5.41) is 10.7. The third-order valence-corrected chi connectivity index (χ3v) is 0.790. The minimum atomic E-state index is 0.286. The molecule has 1 radical (unpaired) electrons. The maximum Gasteiger partial charge on any atom is 0.245 e. The molecule has 0 bridgehead atoms. The van der Waals surface area contributed by atoms with Crippen LogP contribution in [-0.2, 0) is 0 Å². The van der Waals surface area contributed by atoms with E-state index in [1.54, 1.807) is 0 Å². The lowest BCUT2D eigenvalue weighted by molar-refractivity contribution is 0.454. The van der Waals surface area contributed by atoms with Crippen LogP contribution in [-0.4, -0.2) is 20.2 Å². The van der Waals surface area contributed by atoms with Gasteiger partial charge in [0.05, 0.1) is 6.04 Å². The van der Waals surface area contributed by atoms with Crippen molar-refractivity contribution >= 4 is 0 Å². The molecule has 0 atom stereocenters. The van der Waals surface area contributed by atoms with Gasteiger partial charge in [-0.25, -0.2) is 0 Å². The van der Waals surface area contributed by atoms with Gasteiger partial charge in [-0.15, -0.1) is 10.2 Å². The molecule has 43 valence electrons. The van der Waals surface area contributed by atoms with Gasteiger partial charge in [0, 0.05) is 0 Å². The van der Waals surface area contributed by atoms with Crippen molar-refractivity contribution in [1.29, 1.82) is 0 Å². The highest BCUT2D eigenvalue weighted by molar-refractivity contribution is 4.43. The van der Waals surface area contributed by atoms with Gasteiger partial charge >= 0.3 is 0 Å². The van der Waals surface area contributed by atoms with Crippen LogP contribution in [0.2, 0.25) is 0 Å². The highest BCUT2D eigenvalue weighted by atomic mass is 15.6. The summed E-state index contributed by atoms with van der Waals surface area (Å²) in [6, 6.07) is 0.286. The van der Waals surface area contributed by atoms with Gasteiger partial charge in [-0.3, -0.25) is 0 Å². The van der Waals surface area contributed by atoms with E-state index in [1.807, 2.05) is 13.8 Å². The third-order valence-electron chi connectivity index (χ3n) is 0.790. The minimum absolute atomic E-state index is 0.286. The fourth-order valence-corrected chi connectivity index (χ4v) is 0.370. The van der Waals surface area contributed by atoms with E-state index in [0.717, 1.165) is 0 Å². The number of rotatable bonds is 1. The van der Waals surface area contributed by atoms with Gasteiger partial charge in [-0.05, 0) is 19.1 Å². The summed E-state index contributed by atoms with van der Waals surface area (Å²) in [6.07, 6.45) is 2.36. The minimum Gasteiger partial charge on any atom is -0.161 e. The van der Waals surface area contributed by atoms with E-state index in [1.165, 1.54) is 4.80 Å². The Labute approximate surface area is 47.5 Å². The second kappa shape index (κ2) is 1.90. The quantitative estimate of drug-likeness (QED) is 0.514. The number of nitrogens with zero attached hydrogens (tertiary/aromatic N) is 4. The van der Waals surface area contributed by atoms with Crippen LogP contribution in [0.15, 0.2) is 0 Å². The summed E-state index contributed by atoms with van der Waals surface area (Å²) in [4.78, 5) is 1.50. The van der Waals surface area contributed by atoms with Gasteiger partial charge in [0.15, 0.2) is 0 Å². The van der Waals surface area contributed by atoms with Crippen molar-refractivity contribution in [1.82, 2.24) is 20.2 Å². The summed E-state index contributed by atoms with van der Waals surface area (Å²) in [5.41, 5.74) is 0. The van der Waals surface area contributed by atoms with E-state index < -0.39 is 0 Å². The molecular formula is C4H7N4. The van der Waals surface area contributed by atoms with Crippen LogP contribution in [0, 0.1) is 6.33 Å². The lowest BCUT2D eigenvalue weighted by Crippen LogP contribution is -2.04. The van der Waals surface area contributed by atoms with Crippen LogP contribution in [0.1, 0.15) is 19.9 Å². The van der Waals surface area contributed by atoms with Crippen LogP contribution < -0.4 is 0 Å². The fraction of sp³-hybridized carbons (Fsp3) is 0.750. The Morgan fingerprint density at radius 1 is 1.50 bits per heavy atom. The zero-order chi connectivity index (χ0) is 5.98. The molecule has 4 heteroatoms. The molecule has 0 spiro atoms. The standard InChI is InChI=1S/C4H7N4/c1-4(2)8-6-3-5-7-8/h4H,1-2H3. The van der Waals surface area contributed by atoms with Gasteiger partial charge in [0.1, 0.15) is 0 Å². The van der Waals surface area contributed by atoms with Crippen LogP contribution in [0.25, 0.3) is 0 Å². The number of aromatic nitrogens is 4. The number of tetrazole rings is 1. The predicted octanol–water partition coefficient (Wildman–Crippen LogP) is 0.0542. The van der Waals surface area contributed by atoms with Crippen molar-refractivity contribution in [3.63, 3.8) is 0 Å². The highest BCUT2D eigenvalue weighted by Crippen LogP contribution is 1.93. The van der Waals surface area contributed by atoms with Gasteiger partial charge in [0.2, 0.25) is 6.33 Å². The van der Waals surface area contributed by atoms with Gasteiger partial charge in [0.25, 0.3) is 0 Å². The van der Waals surface area contributed by atoms with Crippen molar-refractivity contribution in [2.75, 3.05) is 0 Å². The first-order valence-electron chi connectivity index (χ1n) is 2.46. The molecule has 1 heterocycles. The van der Waals surface area contributed by atoms with Crippen molar-refractivity contribution in [3.8, 4) is 0 Å². The van der Waals surface area contributed by atoms with E-state index in [-0.39, 0.29) is 6.04 Å². The molecule has 4 nitrogen and oxygen atoms in total. The van der Waals surface area contributed by atoms with E-state index in [0.29, 0.717) is 0 Å². The van der Waals surface area contributed by atoms with E-state index in [9.17, 15) is 0 Å². The van der Waals surface area contributed by atoms with Gasteiger partial charge < -0.3 is 0 Å². The van der Waals surface area contributed by atoms with Crippen LogP contribution >= 0.6 is 0 Å². The SMILES string of the molecule is CC(C)n1n[c]nn1. The van der Waals surface area contributed by atoms with Gasteiger partial charge in [-0.1, -0.05) is 0 Å². The summed E-state index contributed by atoms with van der Waals surface area (Å²) >= 11 is 0. The first kappa shape index (κ1) is 5.21. The molecule has 1 aromatic heterocycles. The third kappa shape index (κ3) is 0.828. The van der Waals surface area contributed by atoms with E-state index >= 15 is 0 Å². The Bertz CT molecular complexity index is 143. The molecule has 0 aliphatic heterocycles. The van der Waals surface area contributed by atoms with Crippen LogP contribution in [0.5, 0.6) is 0 Å². The Kier molecular flexibility index (Phi) is 1.24. The summed E-state index contributed by atoms with van der Waals surface area (Å²) in [5.74, 6) is 0. The average molecular weight is 111 g/mol. The zero-order valence-electron chi connectivity index (χ0n) is 4.87. The first-order valence-corrected chi connectivity index (χ1v) is 2.46. The maximum absolute atomic E-state index is 3.69. The van der Waals surface area contributed by atoms with Crippen molar-refractivity contribution in [3.05, 3.63) is 6.33 Å². The molecule has 0 saturated carbocycles. The molecular weight excluding hydrogens is 104 g/mol. The molecule has 0 amide bonds. The summed E-state index contributed by atoms with van der Waals surface area (Å²) in [7, 11) is 0.